The summed E-state index contributed by atoms with van der Waals surface area (Å²) in [6.45, 7) is 0. The van der Waals surface area contributed by atoms with E-state index in [9.17, 15) is 14.4 Å². The molecule has 3 N–H and O–H groups in total. The van der Waals surface area contributed by atoms with Crippen LogP contribution in [0.25, 0.3) is 10.8 Å². The van der Waals surface area contributed by atoms with Crippen LogP contribution in [-0.4, -0.2) is 27.7 Å². The van der Waals surface area contributed by atoms with Crippen molar-refractivity contribution in [3.63, 3.8) is 0 Å². The van der Waals surface area contributed by atoms with Crippen molar-refractivity contribution in [3.8, 4) is 0 Å². The number of aromatic amines is 1. The number of aromatic nitrogens is 2. The van der Waals surface area contributed by atoms with E-state index in [0.29, 0.717) is 22.3 Å². The predicted molar refractivity (Wildman–Crippen MR) is 142 cm³/mol. The third-order valence-corrected chi connectivity index (χ3v) is 6.73. The molecule has 1 unspecified atom stereocenters. The van der Waals surface area contributed by atoms with Crippen LogP contribution in [0.2, 0.25) is 0 Å². The second-order valence-electron chi connectivity index (χ2n) is 9.10. The molecular formula is C29H27N5O3. The molecule has 0 saturated heterocycles. The second kappa shape index (κ2) is 11.0. The predicted octanol–water partition coefficient (Wildman–Crippen LogP) is 4.22. The minimum Gasteiger partial charge on any atom is -0.335 e. The molecule has 4 aromatic rings. The highest BCUT2D eigenvalue weighted by Crippen LogP contribution is 2.31. The van der Waals surface area contributed by atoms with Crippen molar-refractivity contribution in [3.05, 3.63) is 112 Å². The number of rotatable bonds is 6. The van der Waals surface area contributed by atoms with E-state index in [1.165, 1.54) is 5.56 Å². The van der Waals surface area contributed by atoms with Crippen LogP contribution in [0.1, 0.15) is 59.3 Å². The number of nitrogens with zero attached hydrogens (tertiary/aromatic N) is 2. The molecule has 1 aliphatic carbocycles. The highest BCUT2D eigenvalue weighted by atomic mass is 16.2. The van der Waals surface area contributed by atoms with Crippen molar-refractivity contribution in [1.82, 2.24) is 20.9 Å². The Morgan fingerprint density at radius 2 is 1.49 bits per heavy atom. The average Bonchev–Trinajstić information content (AvgIpc) is 2.96. The Morgan fingerprint density at radius 1 is 0.865 bits per heavy atom. The molecule has 1 aromatic heterocycles. The SMILES string of the molecule is O=C(NC(C(=O)NN=C1CCC(c2ccccc2)CC1)c1n[nH]c(=O)c2ccccc12)c1ccccc1. The number of carbonyl (C=O) groups is 2. The van der Waals surface area contributed by atoms with Crippen LogP contribution in [0.3, 0.4) is 0 Å². The highest BCUT2D eigenvalue weighted by Gasteiger charge is 2.28. The van der Waals surface area contributed by atoms with Crippen molar-refractivity contribution < 1.29 is 9.59 Å². The van der Waals surface area contributed by atoms with Gasteiger partial charge in [-0.1, -0.05) is 66.7 Å². The molecule has 3 aromatic carbocycles. The first-order valence-electron chi connectivity index (χ1n) is 12.3. The van der Waals surface area contributed by atoms with Gasteiger partial charge in [0.25, 0.3) is 17.4 Å². The summed E-state index contributed by atoms with van der Waals surface area (Å²) in [5, 5.41) is 14.6. The summed E-state index contributed by atoms with van der Waals surface area (Å²) in [6.07, 6.45) is 3.47. The Balaban J connectivity index is 1.37. The normalized spacial score (nSPS) is 16.1. The zero-order valence-electron chi connectivity index (χ0n) is 20.2. The fourth-order valence-corrected chi connectivity index (χ4v) is 4.74. The zero-order chi connectivity index (χ0) is 25.6. The van der Waals surface area contributed by atoms with E-state index in [1.54, 1.807) is 54.6 Å². The van der Waals surface area contributed by atoms with Crippen molar-refractivity contribution in [2.75, 3.05) is 0 Å². The third kappa shape index (κ3) is 5.48. The van der Waals surface area contributed by atoms with Gasteiger partial charge in [0.1, 0.15) is 5.69 Å². The molecule has 1 heterocycles. The largest absolute Gasteiger partial charge is 0.335 e. The summed E-state index contributed by atoms with van der Waals surface area (Å²) in [4.78, 5) is 38.7. The van der Waals surface area contributed by atoms with Crippen LogP contribution in [0.5, 0.6) is 0 Å². The number of H-pyrrole nitrogens is 1. The van der Waals surface area contributed by atoms with Crippen LogP contribution in [0.15, 0.2) is 94.8 Å². The molecular weight excluding hydrogens is 466 g/mol. The maximum absolute atomic E-state index is 13.4. The summed E-state index contributed by atoms with van der Waals surface area (Å²) >= 11 is 0. The van der Waals surface area contributed by atoms with Crippen LogP contribution in [-0.2, 0) is 4.79 Å². The lowest BCUT2D eigenvalue weighted by atomic mass is 9.83. The molecule has 37 heavy (non-hydrogen) atoms. The van der Waals surface area contributed by atoms with E-state index >= 15 is 0 Å². The van der Waals surface area contributed by atoms with Crippen molar-refractivity contribution in [1.29, 1.82) is 0 Å². The molecule has 8 nitrogen and oxygen atoms in total. The van der Waals surface area contributed by atoms with Crippen molar-refractivity contribution in [2.45, 2.75) is 37.6 Å². The smallest absolute Gasteiger partial charge is 0.272 e. The summed E-state index contributed by atoms with van der Waals surface area (Å²) in [6, 6.07) is 24.7. The quantitative estimate of drug-likeness (QED) is 0.349. The number of hydrogen-bond acceptors (Lipinski definition) is 5. The van der Waals surface area contributed by atoms with E-state index in [0.717, 1.165) is 31.4 Å². The molecule has 5 rings (SSSR count). The van der Waals surface area contributed by atoms with Gasteiger partial charge in [0.15, 0.2) is 6.04 Å². The van der Waals surface area contributed by atoms with Gasteiger partial charge >= 0.3 is 0 Å². The van der Waals surface area contributed by atoms with Crippen molar-refractivity contribution >= 4 is 28.3 Å². The van der Waals surface area contributed by atoms with Crippen LogP contribution in [0.4, 0.5) is 0 Å². The van der Waals surface area contributed by atoms with Crippen molar-refractivity contribution in [2.24, 2.45) is 5.10 Å². The van der Waals surface area contributed by atoms with Crippen LogP contribution in [0, 0.1) is 0 Å². The number of fused-ring (bicyclic) bond motifs is 1. The molecule has 1 atom stereocenters. The lowest BCUT2D eigenvalue weighted by Gasteiger charge is -2.23. The monoisotopic (exact) mass is 493 g/mol. The zero-order valence-corrected chi connectivity index (χ0v) is 20.2. The van der Waals surface area contributed by atoms with Gasteiger partial charge in [-0.15, -0.1) is 0 Å². The molecule has 0 spiro atoms. The summed E-state index contributed by atoms with van der Waals surface area (Å²) in [5.41, 5.74) is 5.15. The molecule has 8 heteroatoms. The fourth-order valence-electron chi connectivity index (χ4n) is 4.74. The number of carbonyl (C=O) groups excluding carboxylic acids is 2. The van der Waals surface area contributed by atoms with Gasteiger partial charge in [-0.2, -0.15) is 10.2 Å². The first-order chi connectivity index (χ1) is 18.1. The Labute approximate surface area is 213 Å². The Hall–Kier alpha value is -4.59. The van der Waals surface area contributed by atoms with Gasteiger partial charge in [-0.3, -0.25) is 14.4 Å². The van der Waals surface area contributed by atoms with Gasteiger partial charge in [0, 0.05) is 16.7 Å². The molecule has 0 radical (unpaired) electrons. The Morgan fingerprint density at radius 3 is 2.19 bits per heavy atom. The second-order valence-corrected chi connectivity index (χ2v) is 9.10. The average molecular weight is 494 g/mol. The minimum atomic E-state index is -1.17. The van der Waals surface area contributed by atoms with Gasteiger partial charge in [-0.25, -0.2) is 10.5 Å². The number of nitrogens with one attached hydrogen (secondary N) is 3. The highest BCUT2D eigenvalue weighted by molar-refractivity contribution is 5.99. The molecule has 2 amide bonds. The van der Waals surface area contributed by atoms with Gasteiger partial charge in [0.05, 0.1) is 5.39 Å². The fraction of sp³-hybridized carbons (Fsp3) is 0.207. The van der Waals surface area contributed by atoms with Gasteiger partial charge in [0.2, 0.25) is 0 Å². The van der Waals surface area contributed by atoms with E-state index in [-0.39, 0.29) is 11.3 Å². The Kier molecular flexibility index (Phi) is 7.16. The lowest BCUT2D eigenvalue weighted by molar-refractivity contribution is -0.123. The summed E-state index contributed by atoms with van der Waals surface area (Å²) < 4.78 is 0. The lowest BCUT2D eigenvalue weighted by Crippen LogP contribution is -2.40. The Bertz CT molecular complexity index is 1490. The van der Waals surface area contributed by atoms with E-state index < -0.39 is 17.9 Å². The molecule has 1 fully saturated rings. The standard InChI is InChI=1S/C29H27N5O3/c35-27(21-11-5-2-6-12-21)30-26(25-23-13-7-8-14-24(23)28(36)33-32-25)29(37)34-31-22-17-15-20(16-18-22)19-9-3-1-4-10-19/h1-14,20,26H,15-18H2,(H,30,35)(H,33,36)(H,34,37). The third-order valence-electron chi connectivity index (χ3n) is 6.73. The first kappa shape index (κ1) is 24.1. The van der Waals surface area contributed by atoms with Gasteiger partial charge in [-0.05, 0) is 55.4 Å². The van der Waals surface area contributed by atoms with Crippen LogP contribution < -0.4 is 16.3 Å². The number of hydrazone groups is 1. The number of amides is 2. The molecule has 1 aliphatic rings. The van der Waals surface area contributed by atoms with Crippen LogP contribution >= 0.6 is 0 Å². The van der Waals surface area contributed by atoms with E-state index in [4.69, 9.17) is 0 Å². The van der Waals surface area contributed by atoms with E-state index in [2.05, 4.69) is 50.3 Å². The van der Waals surface area contributed by atoms with Gasteiger partial charge < -0.3 is 5.32 Å². The summed E-state index contributed by atoms with van der Waals surface area (Å²) in [7, 11) is 0. The maximum Gasteiger partial charge on any atom is 0.272 e. The molecule has 0 bridgehead atoms. The topological polar surface area (TPSA) is 116 Å². The molecule has 0 aliphatic heterocycles. The molecule has 1 saturated carbocycles. The summed E-state index contributed by atoms with van der Waals surface area (Å²) in [5.74, 6) is -0.494. The first-order valence-corrected chi connectivity index (χ1v) is 12.3. The molecule has 186 valence electrons. The number of benzene rings is 3. The minimum absolute atomic E-state index is 0.241. The van der Waals surface area contributed by atoms with E-state index in [1.807, 2.05) is 6.07 Å². The maximum atomic E-state index is 13.4. The number of hydrogen-bond donors (Lipinski definition) is 3.